The third kappa shape index (κ3) is 6.81. The van der Waals surface area contributed by atoms with Crippen molar-refractivity contribution < 1.29 is 18.5 Å². The number of nitrogens with one attached hydrogen (secondary N) is 2. The van der Waals surface area contributed by atoms with Gasteiger partial charge in [0, 0.05) is 31.3 Å². The number of nitrogens with zero attached hydrogens (tertiary/aromatic N) is 4. The average Bonchev–Trinajstić information content (AvgIpc) is 3.61. The van der Waals surface area contributed by atoms with Crippen LogP contribution in [-0.2, 0) is 16.0 Å². The molecule has 0 radical (unpaired) electrons. The third-order valence-electron chi connectivity index (χ3n) is 7.93. The summed E-state index contributed by atoms with van der Waals surface area (Å²) in [5.41, 5.74) is 3.71. The monoisotopic (exact) mass is 560 g/mol. The standard InChI is InChI=1S/C31H37FN6O3/c1-4-23-9-5-6-15-38(23)28(40)18-25(34-31-35-27(37-41-31)17-21-11-13-22(32)14-12-21)26(39)16-20(3)30-33-24-10-7-8-19(2)29(24)36-30/h7-8,10-14,20,23,25H,4-6,9,15-18H2,1-3H3,(H,33,36)(H,34,35,37)/t20-,23+,25+/m1/s1. The highest BCUT2D eigenvalue weighted by Gasteiger charge is 2.31. The van der Waals surface area contributed by atoms with E-state index in [0.29, 0.717) is 18.8 Å². The van der Waals surface area contributed by atoms with Gasteiger partial charge in [0.15, 0.2) is 11.6 Å². The Morgan fingerprint density at radius 1 is 1.15 bits per heavy atom. The van der Waals surface area contributed by atoms with Crippen LogP contribution in [0.2, 0.25) is 0 Å². The quantitative estimate of drug-likeness (QED) is 0.241. The van der Waals surface area contributed by atoms with Crippen LogP contribution in [0.15, 0.2) is 47.0 Å². The van der Waals surface area contributed by atoms with Crippen molar-refractivity contribution in [2.24, 2.45) is 0 Å². The number of piperidine rings is 1. The number of imidazole rings is 1. The maximum absolute atomic E-state index is 13.7. The van der Waals surface area contributed by atoms with Gasteiger partial charge in [-0.2, -0.15) is 4.98 Å². The van der Waals surface area contributed by atoms with Gasteiger partial charge in [-0.3, -0.25) is 9.59 Å². The normalized spacial score (nSPS) is 17.0. The topological polar surface area (TPSA) is 117 Å². The van der Waals surface area contributed by atoms with E-state index in [2.05, 4.69) is 27.4 Å². The summed E-state index contributed by atoms with van der Waals surface area (Å²) in [5, 5.41) is 7.08. The summed E-state index contributed by atoms with van der Waals surface area (Å²) in [6.07, 6.45) is 4.46. The van der Waals surface area contributed by atoms with Crippen LogP contribution in [0, 0.1) is 12.7 Å². The molecule has 0 saturated carbocycles. The van der Waals surface area contributed by atoms with Gasteiger partial charge in [-0.15, -0.1) is 0 Å². The second kappa shape index (κ2) is 12.6. The molecule has 10 heteroatoms. The number of likely N-dealkylation sites (tertiary alicyclic amines) is 1. The molecule has 2 aromatic heterocycles. The van der Waals surface area contributed by atoms with Crippen LogP contribution in [0.1, 0.15) is 81.1 Å². The van der Waals surface area contributed by atoms with Crippen LogP contribution in [-0.4, -0.2) is 55.3 Å². The first-order valence-corrected chi connectivity index (χ1v) is 14.4. The molecule has 2 aromatic carbocycles. The Bertz CT molecular complexity index is 1500. The molecule has 0 unspecified atom stereocenters. The number of halogens is 1. The summed E-state index contributed by atoms with van der Waals surface area (Å²) in [7, 11) is 0. The van der Waals surface area contributed by atoms with Gasteiger partial charge in [0.1, 0.15) is 11.6 Å². The number of H-pyrrole nitrogens is 1. The van der Waals surface area contributed by atoms with Crippen LogP contribution >= 0.6 is 0 Å². The van der Waals surface area contributed by atoms with Crippen molar-refractivity contribution in [1.82, 2.24) is 25.0 Å². The van der Waals surface area contributed by atoms with E-state index < -0.39 is 6.04 Å². The highest BCUT2D eigenvalue weighted by molar-refractivity contribution is 5.92. The number of hydrogen-bond acceptors (Lipinski definition) is 7. The maximum Gasteiger partial charge on any atom is 0.322 e. The van der Waals surface area contributed by atoms with Gasteiger partial charge in [-0.25, -0.2) is 9.37 Å². The van der Waals surface area contributed by atoms with Crippen molar-refractivity contribution in [2.45, 2.75) is 83.7 Å². The molecule has 5 rings (SSSR count). The Labute approximate surface area is 238 Å². The summed E-state index contributed by atoms with van der Waals surface area (Å²) in [6.45, 7) is 6.76. The second-order valence-electron chi connectivity index (χ2n) is 11.0. The van der Waals surface area contributed by atoms with Crippen molar-refractivity contribution in [3.63, 3.8) is 0 Å². The van der Waals surface area contributed by atoms with Gasteiger partial charge >= 0.3 is 6.01 Å². The smallest absolute Gasteiger partial charge is 0.322 e. The van der Waals surface area contributed by atoms with E-state index in [1.165, 1.54) is 12.1 Å². The number of carbonyl (C=O) groups excluding carboxylic acids is 2. The lowest BCUT2D eigenvalue weighted by Crippen LogP contribution is -2.46. The van der Waals surface area contributed by atoms with Crippen LogP contribution in [0.25, 0.3) is 11.0 Å². The Balaban J connectivity index is 1.32. The number of aryl methyl sites for hydroxylation is 1. The number of rotatable bonds is 11. The fourth-order valence-corrected chi connectivity index (χ4v) is 5.58. The Morgan fingerprint density at radius 3 is 2.71 bits per heavy atom. The number of carbonyl (C=O) groups is 2. The average molecular weight is 561 g/mol. The zero-order chi connectivity index (χ0) is 28.9. The first-order chi connectivity index (χ1) is 19.8. The number of para-hydroxylation sites is 1. The molecule has 1 saturated heterocycles. The number of Topliss-reactive ketones (excluding diaryl/α,β-unsaturated/α-hetero) is 1. The molecule has 2 N–H and O–H groups in total. The number of benzene rings is 2. The number of hydrogen-bond donors (Lipinski definition) is 2. The van der Waals surface area contributed by atoms with E-state index in [1.807, 2.05) is 36.9 Å². The van der Waals surface area contributed by atoms with E-state index in [1.54, 1.807) is 12.1 Å². The predicted molar refractivity (Wildman–Crippen MR) is 154 cm³/mol. The van der Waals surface area contributed by atoms with Gasteiger partial charge in [-0.1, -0.05) is 43.3 Å². The highest BCUT2D eigenvalue weighted by Crippen LogP contribution is 2.25. The molecule has 0 spiro atoms. The summed E-state index contributed by atoms with van der Waals surface area (Å²) < 4.78 is 18.7. The fourth-order valence-electron chi connectivity index (χ4n) is 5.58. The number of anilines is 1. The molecule has 1 fully saturated rings. The minimum absolute atomic E-state index is 0.00301. The van der Waals surface area contributed by atoms with Crippen molar-refractivity contribution >= 4 is 28.7 Å². The minimum atomic E-state index is -0.838. The molecule has 4 aromatic rings. The van der Waals surface area contributed by atoms with Gasteiger partial charge in [0.2, 0.25) is 5.91 Å². The summed E-state index contributed by atoms with van der Waals surface area (Å²) >= 11 is 0. The number of ketones is 1. The second-order valence-corrected chi connectivity index (χ2v) is 11.0. The molecule has 1 aliphatic rings. The molecular weight excluding hydrogens is 523 g/mol. The molecule has 9 nitrogen and oxygen atoms in total. The van der Waals surface area contributed by atoms with E-state index in [-0.39, 0.29) is 48.3 Å². The Kier molecular flexibility index (Phi) is 8.75. The van der Waals surface area contributed by atoms with E-state index in [9.17, 15) is 14.0 Å². The van der Waals surface area contributed by atoms with Crippen LogP contribution in [0.5, 0.6) is 0 Å². The number of aromatic amines is 1. The molecule has 216 valence electrons. The molecule has 0 bridgehead atoms. The summed E-state index contributed by atoms with van der Waals surface area (Å²) in [5.74, 6) is 0.427. The Hall–Kier alpha value is -4.08. The van der Waals surface area contributed by atoms with E-state index in [0.717, 1.165) is 53.7 Å². The zero-order valence-corrected chi connectivity index (χ0v) is 23.8. The third-order valence-corrected chi connectivity index (χ3v) is 7.93. The van der Waals surface area contributed by atoms with Crippen molar-refractivity contribution in [3.05, 3.63) is 71.1 Å². The predicted octanol–water partition coefficient (Wildman–Crippen LogP) is 5.71. The van der Waals surface area contributed by atoms with Crippen LogP contribution in [0.4, 0.5) is 10.4 Å². The SMILES string of the molecule is CC[C@H]1CCCCN1C(=O)C[C@H](Nc1nc(Cc2ccc(F)cc2)no1)C(=O)C[C@@H](C)c1nc2c(C)cccc2[nH]1. The number of fused-ring (bicyclic) bond motifs is 1. The van der Waals surface area contributed by atoms with Crippen molar-refractivity contribution in [1.29, 1.82) is 0 Å². The van der Waals surface area contributed by atoms with Crippen LogP contribution in [0.3, 0.4) is 0 Å². The van der Waals surface area contributed by atoms with E-state index >= 15 is 0 Å². The molecule has 41 heavy (non-hydrogen) atoms. The van der Waals surface area contributed by atoms with Gasteiger partial charge in [-0.05, 0) is 61.9 Å². The number of amides is 1. The minimum Gasteiger partial charge on any atom is -0.342 e. The highest BCUT2D eigenvalue weighted by atomic mass is 19.1. The van der Waals surface area contributed by atoms with Crippen molar-refractivity contribution in [2.75, 3.05) is 11.9 Å². The largest absolute Gasteiger partial charge is 0.342 e. The van der Waals surface area contributed by atoms with Gasteiger partial charge in [0.05, 0.1) is 23.5 Å². The lowest BCUT2D eigenvalue weighted by atomic mass is 9.95. The molecule has 1 aliphatic heterocycles. The molecular formula is C31H37FN6O3. The lowest BCUT2D eigenvalue weighted by molar-refractivity contribution is -0.137. The summed E-state index contributed by atoms with van der Waals surface area (Å²) in [4.78, 5) is 41.6. The van der Waals surface area contributed by atoms with Crippen LogP contribution < -0.4 is 5.32 Å². The summed E-state index contributed by atoms with van der Waals surface area (Å²) in [6, 6.07) is 11.5. The molecule has 0 aliphatic carbocycles. The molecule has 1 amide bonds. The first-order valence-electron chi connectivity index (χ1n) is 14.4. The van der Waals surface area contributed by atoms with Gasteiger partial charge in [0.25, 0.3) is 0 Å². The van der Waals surface area contributed by atoms with E-state index in [4.69, 9.17) is 9.51 Å². The molecule has 3 atom stereocenters. The number of aromatic nitrogens is 4. The molecule has 3 heterocycles. The lowest BCUT2D eigenvalue weighted by Gasteiger charge is -2.36. The zero-order valence-electron chi connectivity index (χ0n) is 23.8. The fraction of sp³-hybridized carbons (Fsp3) is 0.452. The first kappa shape index (κ1) is 28.4. The maximum atomic E-state index is 13.7. The van der Waals surface area contributed by atoms with Crippen molar-refractivity contribution in [3.8, 4) is 0 Å². The van der Waals surface area contributed by atoms with Gasteiger partial charge < -0.3 is 19.7 Å². The Morgan fingerprint density at radius 2 is 1.95 bits per heavy atom.